The van der Waals surface area contributed by atoms with Gasteiger partial charge < -0.3 is 57.2 Å². The van der Waals surface area contributed by atoms with E-state index in [0.29, 0.717) is 50.6 Å². The number of carboxylic acid groups (broad SMARTS) is 1. The van der Waals surface area contributed by atoms with Gasteiger partial charge in [-0.2, -0.15) is 0 Å². The number of amides is 8. The summed E-state index contributed by atoms with van der Waals surface area (Å²) in [4.78, 5) is 121. The SMILES string of the molecule is N[C@@H](Cc1ccccc1)C(=O)N1CCC[C@H]1C(=O)NCC(=O)N[C@@H](CO)C(=O)N1CCC[C@H]1C(=O)NCC(=O)N[C@@H](Cc1ccccc1)C(=O)N1CCC[C@H]1C(=O)NCC(=O)O. The number of aliphatic hydroxyl groups excluding tert-OH is 1. The summed E-state index contributed by atoms with van der Waals surface area (Å²) in [6, 6.07) is 11.8. The standard InChI is InChI=1S/C42H55N9O11/c43-28(20-26-10-3-1-4-11-26)40(60)49-17-7-14-31(49)37(57)45-23-35(54)48-30(25-52)42(62)51-19-9-15-32(51)38(58)44-22-34(53)47-29(21-27-12-5-2-6-13-27)41(61)50-18-8-16-33(50)39(59)46-24-36(55)56/h1-6,10-13,28-33,52H,7-9,14-25,43H2,(H,44,58)(H,45,57)(H,46,59)(H,47,53)(H,48,54)(H,55,56)/t28-,29-,30-,31-,32-,33-/m0/s1. The largest absolute Gasteiger partial charge is 0.480 e. The van der Waals surface area contributed by atoms with Gasteiger partial charge in [-0.25, -0.2) is 0 Å². The van der Waals surface area contributed by atoms with Gasteiger partial charge in [-0.3, -0.25) is 43.2 Å². The zero-order valence-electron chi connectivity index (χ0n) is 34.3. The van der Waals surface area contributed by atoms with Crippen LogP contribution >= 0.6 is 0 Å². The third kappa shape index (κ3) is 12.6. The molecule has 3 saturated heterocycles. The van der Waals surface area contributed by atoms with E-state index in [1.807, 2.05) is 30.3 Å². The van der Waals surface area contributed by atoms with Crippen LogP contribution in [0.15, 0.2) is 60.7 Å². The average molecular weight is 862 g/mol. The van der Waals surface area contributed by atoms with Crippen molar-refractivity contribution < 1.29 is 53.4 Å². The lowest BCUT2D eigenvalue weighted by molar-refractivity contribution is -0.143. The summed E-state index contributed by atoms with van der Waals surface area (Å²) in [7, 11) is 0. The van der Waals surface area contributed by atoms with Gasteiger partial charge in [0.2, 0.25) is 47.3 Å². The number of hydrogen-bond acceptors (Lipinski definition) is 11. The van der Waals surface area contributed by atoms with Crippen LogP contribution in [0.3, 0.4) is 0 Å². The van der Waals surface area contributed by atoms with Crippen molar-refractivity contribution >= 4 is 53.2 Å². The summed E-state index contributed by atoms with van der Waals surface area (Å²) >= 11 is 0. The quantitative estimate of drug-likeness (QED) is 0.0710. The van der Waals surface area contributed by atoms with Crippen LogP contribution < -0.4 is 32.3 Å². The molecular weight excluding hydrogens is 807 g/mol. The van der Waals surface area contributed by atoms with Gasteiger partial charge in [-0.05, 0) is 56.1 Å². The van der Waals surface area contributed by atoms with Crippen molar-refractivity contribution in [2.75, 3.05) is 45.9 Å². The first kappa shape index (κ1) is 46.7. The molecule has 62 heavy (non-hydrogen) atoms. The predicted octanol–water partition coefficient (Wildman–Crippen LogP) is -2.83. The maximum Gasteiger partial charge on any atom is 0.322 e. The molecule has 0 bridgehead atoms. The van der Waals surface area contributed by atoms with Gasteiger partial charge in [-0.1, -0.05) is 60.7 Å². The van der Waals surface area contributed by atoms with Crippen molar-refractivity contribution in [2.45, 2.75) is 87.6 Å². The van der Waals surface area contributed by atoms with E-state index in [0.717, 1.165) is 5.56 Å². The van der Waals surface area contributed by atoms with Crippen molar-refractivity contribution in [3.8, 4) is 0 Å². The fourth-order valence-electron chi connectivity index (χ4n) is 8.05. The smallest absolute Gasteiger partial charge is 0.322 e. The van der Waals surface area contributed by atoms with E-state index in [2.05, 4.69) is 26.6 Å². The minimum Gasteiger partial charge on any atom is -0.480 e. The molecule has 0 aromatic heterocycles. The van der Waals surface area contributed by atoms with Gasteiger partial charge in [0.25, 0.3) is 0 Å². The number of nitrogens with zero attached hydrogens (tertiary/aromatic N) is 3. The van der Waals surface area contributed by atoms with E-state index < -0.39 is 110 Å². The first-order valence-corrected chi connectivity index (χ1v) is 20.8. The molecule has 0 radical (unpaired) electrons. The summed E-state index contributed by atoms with van der Waals surface area (Å²) < 4.78 is 0. The number of nitrogens with one attached hydrogen (secondary N) is 5. The number of carboxylic acids is 1. The summed E-state index contributed by atoms with van der Waals surface area (Å²) in [5.74, 6) is -6.32. The van der Waals surface area contributed by atoms with E-state index in [-0.39, 0.29) is 31.8 Å². The number of aliphatic carboxylic acids is 1. The highest BCUT2D eigenvalue weighted by atomic mass is 16.4. The number of nitrogens with two attached hydrogens (primary N) is 1. The van der Waals surface area contributed by atoms with Crippen LogP contribution in [-0.2, 0) is 56.0 Å². The highest BCUT2D eigenvalue weighted by Gasteiger charge is 2.40. The Morgan fingerprint density at radius 3 is 1.39 bits per heavy atom. The third-order valence-electron chi connectivity index (χ3n) is 11.1. The molecule has 3 aliphatic rings. The van der Waals surface area contributed by atoms with E-state index >= 15 is 0 Å². The Morgan fingerprint density at radius 1 is 0.565 bits per heavy atom. The van der Waals surface area contributed by atoms with Crippen molar-refractivity contribution in [1.82, 2.24) is 41.3 Å². The Labute approximate surface area is 358 Å². The van der Waals surface area contributed by atoms with Gasteiger partial charge in [0.05, 0.1) is 25.7 Å². The van der Waals surface area contributed by atoms with Gasteiger partial charge in [0, 0.05) is 26.1 Å². The Morgan fingerprint density at radius 2 is 0.952 bits per heavy atom. The zero-order chi connectivity index (χ0) is 44.8. The summed E-state index contributed by atoms with van der Waals surface area (Å²) in [6.07, 6.45) is 2.72. The summed E-state index contributed by atoms with van der Waals surface area (Å²) in [6.45, 7) is -1.89. The molecule has 20 heteroatoms. The van der Waals surface area contributed by atoms with Crippen LogP contribution in [0.25, 0.3) is 0 Å². The molecule has 0 aliphatic carbocycles. The van der Waals surface area contributed by atoms with E-state index in [9.17, 15) is 48.3 Å². The third-order valence-corrected chi connectivity index (χ3v) is 11.1. The molecule has 5 rings (SSSR count). The molecule has 3 heterocycles. The first-order valence-electron chi connectivity index (χ1n) is 20.8. The van der Waals surface area contributed by atoms with Crippen LogP contribution in [-0.4, -0.2) is 160 Å². The Hall–Kier alpha value is -6.41. The van der Waals surface area contributed by atoms with Crippen LogP contribution in [0.2, 0.25) is 0 Å². The Kier molecular flexibility index (Phi) is 16.9. The van der Waals surface area contributed by atoms with E-state index in [1.54, 1.807) is 30.3 Å². The summed E-state index contributed by atoms with van der Waals surface area (Å²) in [5.41, 5.74) is 7.78. The van der Waals surface area contributed by atoms with Crippen LogP contribution in [0.5, 0.6) is 0 Å². The fraction of sp³-hybridized carbons (Fsp3) is 0.500. The molecule has 6 atom stereocenters. The second-order valence-electron chi connectivity index (χ2n) is 15.5. The van der Waals surface area contributed by atoms with E-state index in [4.69, 9.17) is 10.8 Å². The molecule has 334 valence electrons. The van der Waals surface area contributed by atoms with E-state index in [1.165, 1.54) is 14.7 Å². The molecular formula is C42H55N9O11. The lowest BCUT2D eigenvalue weighted by atomic mass is 10.0. The molecule has 3 fully saturated rings. The predicted molar refractivity (Wildman–Crippen MR) is 220 cm³/mol. The van der Waals surface area contributed by atoms with Gasteiger partial charge in [-0.15, -0.1) is 0 Å². The number of benzene rings is 2. The van der Waals surface area contributed by atoms with Crippen molar-refractivity contribution in [1.29, 1.82) is 0 Å². The Balaban J connectivity index is 1.11. The molecule has 3 aliphatic heterocycles. The van der Waals surface area contributed by atoms with Crippen molar-refractivity contribution in [3.05, 3.63) is 71.8 Å². The number of hydrogen-bond donors (Lipinski definition) is 8. The molecule has 0 unspecified atom stereocenters. The minimum atomic E-state index is -1.46. The number of rotatable bonds is 19. The van der Waals surface area contributed by atoms with Gasteiger partial charge in [0.15, 0.2) is 0 Å². The average Bonchev–Trinajstić information content (AvgIpc) is 4.08. The lowest BCUT2D eigenvalue weighted by Gasteiger charge is -2.29. The lowest BCUT2D eigenvalue weighted by Crippen LogP contribution is -2.57. The second kappa shape index (κ2) is 22.4. The highest BCUT2D eigenvalue weighted by Crippen LogP contribution is 2.22. The second-order valence-corrected chi connectivity index (χ2v) is 15.5. The molecule has 9 N–H and O–H groups in total. The molecule has 8 amide bonds. The number of aliphatic hydroxyl groups is 1. The van der Waals surface area contributed by atoms with Crippen LogP contribution in [0.4, 0.5) is 0 Å². The normalized spacial score (nSPS) is 19.8. The topological polar surface area (TPSA) is 290 Å². The van der Waals surface area contributed by atoms with Crippen LogP contribution in [0, 0.1) is 0 Å². The van der Waals surface area contributed by atoms with Gasteiger partial charge >= 0.3 is 5.97 Å². The maximum atomic E-state index is 13.8. The molecule has 0 spiro atoms. The molecule has 2 aromatic carbocycles. The zero-order valence-corrected chi connectivity index (χ0v) is 34.3. The van der Waals surface area contributed by atoms with Crippen LogP contribution in [0.1, 0.15) is 49.7 Å². The molecule has 0 saturated carbocycles. The highest BCUT2D eigenvalue weighted by molar-refractivity contribution is 5.97. The van der Waals surface area contributed by atoms with Crippen molar-refractivity contribution in [3.63, 3.8) is 0 Å². The monoisotopic (exact) mass is 861 g/mol. The summed E-state index contributed by atoms with van der Waals surface area (Å²) in [5, 5.41) is 31.4. The maximum absolute atomic E-state index is 13.8. The van der Waals surface area contributed by atoms with Crippen molar-refractivity contribution in [2.24, 2.45) is 5.73 Å². The minimum absolute atomic E-state index is 0.0603. The molecule has 2 aromatic rings. The number of likely N-dealkylation sites (tertiary alicyclic amines) is 3. The number of carbonyl (C=O) groups is 9. The van der Waals surface area contributed by atoms with Gasteiger partial charge in [0.1, 0.15) is 36.8 Å². The number of carbonyl (C=O) groups excluding carboxylic acids is 8. The molecule has 20 nitrogen and oxygen atoms in total. The first-order chi connectivity index (χ1) is 29.8. The fourth-order valence-corrected chi connectivity index (χ4v) is 8.05. The Bertz CT molecular complexity index is 1950.